The minimum absolute atomic E-state index is 0.230. The molecule has 1 aromatic carbocycles. The Morgan fingerprint density at radius 3 is 2.82 bits per heavy atom. The molecule has 2 aromatic rings. The average molecular weight is 295 g/mol. The van der Waals surface area contributed by atoms with Crippen LogP contribution in [0.5, 0.6) is 0 Å². The Kier molecular flexibility index (Phi) is 3.74. The first-order valence-corrected chi connectivity index (χ1v) is 6.05. The van der Waals surface area contributed by atoms with Gasteiger partial charge >= 0.3 is 0 Å². The van der Waals surface area contributed by atoms with Crippen LogP contribution >= 0.6 is 15.9 Å². The number of pyridine rings is 1. The van der Waals surface area contributed by atoms with Crippen molar-refractivity contribution in [3.8, 4) is 0 Å². The van der Waals surface area contributed by atoms with Gasteiger partial charge in [-0.3, -0.25) is 4.98 Å². The Morgan fingerprint density at radius 2 is 2.12 bits per heavy atom. The van der Waals surface area contributed by atoms with E-state index >= 15 is 0 Å². The van der Waals surface area contributed by atoms with E-state index in [1.165, 1.54) is 12.1 Å². The zero-order valence-electron chi connectivity index (χ0n) is 9.37. The highest BCUT2D eigenvalue weighted by molar-refractivity contribution is 9.10. The molecule has 0 bridgehead atoms. The van der Waals surface area contributed by atoms with Gasteiger partial charge in [0, 0.05) is 16.7 Å². The normalized spacial score (nSPS) is 10.3. The third-order valence-corrected chi connectivity index (χ3v) is 3.18. The lowest BCUT2D eigenvalue weighted by molar-refractivity contribution is 0.625. The number of aryl methyl sites for hydroxylation is 1. The van der Waals surface area contributed by atoms with Crippen molar-refractivity contribution in [2.45, 2.75) is 13.5 Å². The van der Waals surface area contributed by atoms with E-state index in [4.69, 9.17) is 0 Å². The zero-order valence-corrected chi connectivity index (χ0v) is 11.0. The first-order chi connectivity index (χ1) is 8.15. The maximum Gasteiger partial charge on any atom is 0.123 e. The van der Waals surface area contributed by atoms with E-state index in [1.54, 1.807) is 12.3 Å². The van der Waals surface area contributed by atoms with Gasteiger partial charge in [0.2, 0.25) is 0 Å². The standard InChI is InChI=1S/C13H12BrFN2/c1-9-2-4-12(8-16-9)17-7-10-6-11(15)3-5-13(10)14/h2-6,8,17H,7H2,1H3. The number of benzene rings is 1. The van der Waals surface area contributed by atoms with Crippen LogP contribution in [-0.4, -0.2) is 4.98 Å². The molecule has 0 amide bonds. The van der Waals surface area contributed by atoms with Gasteiger partial charge in [-0.05, 0) is 42.8 Å². The summed E-state index contributed by atoms with van der Waals surface area (Å²) in [7, 11) is 0. The van der Waals surface area contributed by atoms with Crippen molar-refractivity contribution in [2.75, 3.05) is 5.32 Å². The van der Waals surface area contributed by atoms with Crippen LogP contribution in [0.25, 0.3) is 0 Å². The minimum atomic E-state index is -0.230. The summed E-state index contributed by atoms with van der Waals surface area (Å²) >= 11 is 3.39. The van der Waals surface area contributed by atoms with Crippen molar-refractivity contribution in [1.29, 1.82) is 0 Å². The van der Waals surface area contributed by atoms with Crippen molar-refractivity contribution >= 4 is 21.6 Å². The van der Waals surface area contributed by atoms with Gasteiger partial charge in [0.1, 0.15) is 5.82 Å². The third-order valence-electron chi connectivity index (χ3n) is 2.40. The fourth-order valence-corrected chi connectivity index (χ4v) is 1.84. The topological polar surface area (TPSA) is 24.9 Å². The molecule has 0 saturated heterocycles. The first kappa shape index (κ1) is 12.0. The molecule has 88 valence electrons. The molecule has 0 radical (unpaired) electrons. The van der Waals surface area contributed by atoms with E-state index in [1.807, 2.05) is 19.1 Å². The van der Waals surface area contributed by atoms with Crippen LogP contribution in [0.15, 0.2) is 41.0 Å². The van der Waals surface area contributed by atoms with Crippen LogP contribution in [-0.2, 0) is 6.54 Å². The van der Waals surface area contributed by atoms with Crippen LogP contribution in [0.4, 0.5) is 10.1 Å². The molecule has 0 saturated carbocycles. The number of aromatic nitrogens is 1. The Labute approximate surface area is 108 Å². The van der Waals surface area contributed by atoms with Crippen LogP contribution in [0.2, 0.25) is 0 Å². The molecule has 0 aliphatic heterocycles. The van der Waals surface area contributed by atoms with Gasteiger partial charge in [-0.15, -0.1) is 0 Å². The lowest BCUT2D eigenvalue weighted by Gasteiger charge is -2.08. The number of halogens is 2. The highest BCUT2D eigenvalue weighted by Gasteiger charge is 2.01. The van der Waals surface area contributed by atoms with Gasteiger partial charge in [-0.2, -0.15) is 0 Å². The van der Waals surface area contributed by atoms with E-state index < -0.39 is 0 Å². The molecule has 0 unspecified atom stereocenters. The number of hydrogen-bond donors (Lipinski definition) is 1. The molecule has 0 atom stereocenters. The summed E-state index contributed by atoms with van der Waals surface area (Å²) < 4.78 is 14.0. The maximum absolute atomic E-state index is 13.1. The maximum atomic E-state index is 13.1. The summed E-state index contributed by atoms with van der Waals surface area (Å²) in [5.41, 5.74) is 2.78. The fraction of sp³-hybridized carbons (Fsp3) is 0.154. The molecular formula is C13H12BrFN2. The number of hydrogen-bond acceptors (Lipinski definition) is 2. The van der Waals surface area contributed by atoms with Crippen molar-refractivity contribution in [2.24, 2.45) is 0 Å². The summed E-state index contributed by atoms with van der Waals surface area (Å²) in [4.78, 5) is 4.18. The Hall–Kier alpha value is -1.42. The molecule has 1 N–H and O–H groups in total. The SMILES string of the molecule is Cc1ccc(NCc2cc(F)ccc2Br)cn1. The van der Waals surface area contributed by atoms with E-state index in [0.29, 0.717) is 6.54 Å². The van der Waals surface area contributed by atoms with Crippen LogP contribution in [0.1, 0.15) is 11.3 Å². The Morgan fingerprint density at radius 1 is 1.29 bits per heavy atom. The average Bonchev–Trinajstić information content (AvgIpc) is 2.32. The van der Waals surface area contributed by atoms with Crippen molar-refractivity contribution in [3.63, 3.8) is 0 Å². The molecule has 0 aliphatic rings. The smallest absolute Gasteiger partial charge is 0.123 e. The largest absolute Gasteiger partial charge is 0.380 e. The highest BCUT2D eigenvalue weighted by atomic mass is 79.9. The van der Waals surface area contributed by atoms with Crippen LogP contribution in [0.3, 0.4) is 0 Å². The van der Waals surface area contributed by atoms with Crippen LogP contribution < -0.4 is 5.32 Å². The molecule has 0 fully saturated rings. The molecule has 0 aliphatic carbocycles. The summed E-state index contributed by atoms with van der Waals surface area (Å²) in [6.07, 6.45) is 1.77. The van der Waals surface area contributed by atoms with E-state index in [9.17, 15) is 4.39 Å². The predicted octanol–water partition coefficient (Wildman–Crippen LogP) is 3.90. The summed E-state index contributed by atoms with van der Waals surface area (Å²) in [5.74, 6) is -0.230. The lowest BCUT2D eigenvalue weighted by atomic mass is 10.2. The van der Waals surface area contributed by atoms with Crippen molar-refractivity contribution < 1.29 is 4.39 Å². The number of anilines is 1. The first-order valence-electron chi connectivity index (χ1n) is 5.25. The Bertz CT molecular complexity index is 511. The highest BCUT2D eigenvalue weighted by Crippen LogP contribution is 2.19. The van der Waals surface area contributed by atoms with Gasteiger partial charge in [0.25, 0.3) is 0 Å². The molecule has 1 aromatic heterocycles. The lowest BCUT2D eigenvalue weighted by Crippen LogP contribution is -2.01. The van der Waals surface area contributed by atoms with Gasteiger partial charge in [0.15, 0.2) is 0 Å². The molecule has 17 heavy (non-hydrogen) atoms. The summed E-state index contributed by atoms with van der Waals surface area (Å²) in [5, 5.41) is 3.20. The van der Waals surface area contributed by atoms with Crippen molar-refractivity contribution in [1.82, 2.24) is 4.98 Å². The minimum Gasteiger partial charge on any atom is -0.380 e. The number of nitrogens with zero attached hydrogens (tertiary/aromatic N) is 1. The van der Waals surface area contributed by atoms with E-state index in [-0.39, 0.29) is 5.82 Å². The summed E-state index contributed by atoms with van der Waals surface area (Å²) in [6.45, 7) is 2.50. The number of nitrogens with one attached hydrogen (secondary N) is 1. The summed E-state index contributed by atoms with van der Waals surface area (Å²) in [6, 6.07) is 8.54. The molecule has 2 rings (SSSR count). The molecular weight excluding hydrogens is 283 g/mol. The third kappa shape index (κ3) is 3.27. The monoisotopic (exact) mass is 294 g/mol. The fourth-order valence-electron chi connectivity index (χ4n) is 1.45. The second-order valence-corrected chi connectivity index (χ2v) is 4.63. The molecule has 1 heterocycles. The molecule has 4 heteroatoms. The molecule has 0 spiro atoms. The Balaban J connectivity index is 2.07. The second-order valence-electron chi connectivity index (χ2n) is 3.78. The van der Waals surface area contributed by atoms with Gasteiger partial charge in [0.05, 0.1) is 11.9 Å². The van der Waals surface area contributed by atoms with Gasteiger partial charge in [-0.25, -0.2) is 4.39 Å². The second kappa shape index (κ2) is 5.27. The molecule has 2 nitrogen and oxygen atoms in total. The number of rotatable bonds is 3. The van der Waals surface area contributed by atoms with Gasteiger partial charge in [-0.1, -0.05) is 15.9 Å². The predicted molar refractivity (Wildman–Crippen MR) is 70.4 cm³/mol. The van der Waals surface area contributed by atoms with Gasteiger partial charge < -0.3 is 5.32 Å². The van der Waals surface area contributed by atoms with E-state index in [0.717, 1.165) is 21.4 Å². The van der Waals surface area contributed by atoms with E-state index in [2.05, 4.69) is 26.2 Å². The van der Waals surface area contributed by atoms with Crippen LogP contribution in [0, 0.1) is 12.7 Å². The quantitative estimate of drug-likeness (QED) is 0.928. The zero-order chi connectivity index (χ0) is 12.3. The van der Waals surface area contributed by atoms with Crippen molar-refractivity contribution in [3.05, 3.63) is 58.1 Å².